The van der Waals surface area contributed by atoms with E-state index >= 15 is 0 Å². The molecule has 0 fully saturated rings. The molecule has 1 atom stereocenters. The van der Waals surface area contributed by atoms with Crippen molar-refractivity contribution in [3.05, 3.63) is 64.2 Å². The highest BCUT2D eigenvalue weighted by atomic mass is 35.6. The maximum absolute atomic E-state index is 12.4. The average Bonchev–Trinajstić information content (AvgIpc) is 2.60. The molecule has 0 saturated carbocycles. The zero-order valence-corrected chi connectivity index (χ0v) is 16.9. The number of nitro benzene ring substituents is 1. The monoisotopic (exact) mass is 466 g/mol. The molecule has 0 aliphatic carbocycles. The van der Waals surface area contributed by atoms with Crippen LogP contribution in [-0.4, -0.2) is 29.2 Å². The van der Waals surface area contributed by atoms with Crippen LogP contribution in [0.1, 0.15) is 10.4 Å². The van der Waals surface area contributed by atoms with Crippen LogP contribution < -0.4 is 15.8 Å². The number of alkyl halides is 3. The fraction of sp³-hybridized carbons (Fsp3) is 0.133. The summed E-state index contributed by atoms with van der Waals surface area (Å²) in [5.74, 6) is -0.728. The summed E-state index contributed by atoms with van der Waals surface area (Å²) in [5.41, 5.74) is 0.0347. The molecular weight excluding hydrogens is 455 g/mol. The highest BCUT2D eigenvalue weighted by Gasteiger charge is 2.34. The van der Waals surface area contributed by atoms with E-state index in [4.69, 9.17) is 39.9 Å². The fourth-order valence-corrected chi connectivity index (χ4v) is 2.93. The zero-order valence-electron chi connectivity index (χ0n) is 13.8. The van der Waals surface area contributed by atoms with E-state index in [0.29, 0.717) is 5.69 Å². The number of nitro groups is 1. The molecule has 0 spiro atoms. The van der Waals surface area contributed by atoms with Crippen molar-refractivity contribution in [1.29, 1.82) is 0 Å². The molecule has 2 aromatic carbocycles. The fourth-order valence-electron chi connectivity index (χ4n) is 2.08. The predicted octanol–water partition coefficient (Wildman–Crippen LogP) is 2.78. The van der Waals surface area contributed by atoms with E-state index in [1.165, 1.54) is 42.5 Å². The third-order valence-electron chi connectivity index (χ3n) is 3.42. The van der Waals surface area contributed by atoms with E-state index in [-0.39, 0.29) is 16.1 Å². The summed E-state index contributed by atoms with van der Waals surface area (Å²) in [5, 5.41) is 21.0. The summed E-state index contributed by atoms with van der Waals surface area (Å²) in [6, 6.07) is 10.2. The van der Waals surface area contributed by atoms with E-state index in [0.717, 1.165) is 6.07 Å². The number of carbonyl (C=O) groups excluding carboxylic acids is 1. The van der Waals surface area contributed by atoms with Crippen LogP contribution in [0.4, 0.5) is 11.4 Å². The second-order valence-corrected chi connectivity index (χ2v) is 9.40. The van der Waals surface area contributed by atoms with Crippen molar-refractivity contribution in [2.75, 3.05) is 5.32 Å². The predicted molar refractivity (Wildman–Crippen MR) is 106 cm³/mol. The Morgan fingerprint density at radius 1 is 1.14 bits per heavy atom. The van der Waals surface area contributed by atoms with Gasteiger partial charge in [-0.05, 0) is 30.3 Å². The minimum Gasteiger partial charge on any atom is -0.362 e. The number of carbonyl (C=O) groups is 1. The Morgan fingerprint density at radius 3 is 2.25 bits per heavy atom. The SMILES string of the molecule is NS(=O)(=O)c1ccc(N[C@H](NC(=O)c2cccc([N+](=O)[O-])c2)C(Cl)(Cl)Cl)cc1. The number of nitrogens with zero attached hydrogens (tertiary/aromatic N) is 1. The smallest absolute Gasteiger partial charge is 0.270 e. The summed E-state index contributed by atoms with van der Waals surface area (Å²) in [6.07, 6.45) is -1.25. The van der Waals surface area contributed by atoms with Crippen molar-refractivity contribution in [1.82, 2.24) is 5.32 Å². The van der Waals surface area contributed by atoms with Gasteiger partial charge in [0.1, 0.15) is 6.17 Å². The number of rotatable bonds is 6. The molecule has 2 rings (SSSR count). The van der Waals surface area contributed by atoms with Gasteiger partial charge in [0.2, 0.25) is 13.8 Å². The Labute approximate surface area is 175 Å². The minimum atomic E-state index is -3.87. The number of hydrogen-bond acceptors (Lipinski definition) is 6. The van der Waals surface area contributed by atoms with Crippen molar-refractivity contribution in [3.63, 3.8) is 0 Å². The molecule has 0 bridgehead atoms. The molecule has 0 radical (unpaired) electrons. The highest BCUT2D eigenvalue weighted by Crippen LogP contribution is 2.31. The Balaban J connectivity index is 2.22. The Kier molecular flexibility index (Phi) is 6.73. The maximum atomic E-state index is 12.4. The van der Waals surface area contributed by atoms with Crippen LogP contribution in [0.2, 0.25) is 0 Å². The van der Waals surface area contributed by atoms with Crippen LogP contribution in [0.3, 0.4) is 0 Å². The van der Waals surface area contributed by atoms with Gasteiger partial charge in [-0.3, -0.25) is 14.9 Å². The molecule has 9 nitrogen and oxygen atoms in total. The molecule has 0 aliphatic heterocycles. The van der Waals surface area contributed by atoms with E-state index in [1.54, 1.807) is 0 Å². The van der Waals surface area contributed by atoms with Crippen LogP contribution in [0.25, 0.3) is 0 Å². The van der Waals surface area contributed by atoms with E-state index in [2.05, 4.69) is 10.6 Å². The molecule has 150 valence electrons. The summed E-state index contributed by atoms with van der Waals surface area (Å²) >= 11 is 17.7. The molecule has 28 heavy (non-hydrogen) atoms. The molecule has 0 saturated heterocycles. The number of nitrogens with one attached hydrogen (secondary N) is 2. The van der Waals surface area contributed by atoms with E-state index < -0.39 is 30.8 Å². The first-order chi connectivity index (χ1) is 12.9. The number of benzene rings is 2. The van der Waals surface area contributed by atoms with Crippen LogP contribution >= 0.6 is 34.8 Å². The molecule has 0 aromatic heterocycles. The van der Waals surface area contributed by atoms with Gasteiger partial charge in [-0.2, -0.15) is 0 Å². The summed E-state index contributed by atoms with van der Waals surface area (Å²) in [6.45, 7) is 0. The van der Waals surface area contributed by atoms with Gasteiger partial charge < -0.3 is 10.6 Å². The lowest BCUT2D eigenvalue weighted by atomic mass is 10.2. The standard InChI is InChI=1S/C15H13Cl3N4O5S/c16-15(17,18)14(20-10-4-6-12(7-5-10)28(19,26)27)21-13(23)9-2-1-3-11(8-9)22(24)25/h1-8,14,20H,(H,21,23)(H2,19,26,27)/t14-/m1/s1. The van der Waals surface area contributed by atoms with Crippen LogP contribution in [0.15, 0.2) is 53.4 Å². The second-order valence-electron chi connectivity index (χ2n) is 5.47. The van der Waals surface area contributed by atoms with Gasteiger partial charge in [0, 0.05) is 23.4 Å². The molecule has 0 heterocycles. The highest BCUT2D eigenvalue weighted by molar-refractivity contribution is 7.89. The molecule has 0 aliphatic rings. The molecule has 1 amide bonds. The molecule has 13 heteroatoms. The van der Waals surface area contributed by atoms with Gasteiger partial charge in [0.25, 0.3) is 11.6 Å². The lowest BCUT2D eigenvalue weighted by Gasteiger charge is -2.27. The average molecular weight is 468 g/mol. The van der Waals surface area contributed by atoms with Crippen molar-refractivity contribution in [2.45, 2.75) is 14.9 Å². The quantitative estimate of drug-likeness (QED) is 0.258. The maximum Gasteiger partial charge on any atom is 0.270 e. The Hall–Kier alpha value is -2.11. The first kappa shape index (κ1) is 22.2. The number of hydrogen-bond donors (Lipinski definition) is 3. The first-order valence-electron chi connectivity index (χ1n) is 7.39. The number of anilines is 1. The Bertz CT molecular complexity index is 993. The minimum absolute atomic E-state index is 0.0141. The number of amides is 1. The van der Waals surface area contributed by atoms with E-state index in [1.807, 2.05) is 0 Å². The Morgan fingerprint density at radius 2 is 1.75 bits per heavy atom. The third kappa shape index (κ3) is 5.94. The third-order valence-corrected chi connectivity index (χ3v) is 5.00. The molecule has 2 aromatic rings. The summed E-state index contributed by atoms with van der Waals surface area (Å²) in [7, 11) is -3.87. The van der Waals surface area contributed by atoms with Crippen molar-refractivity contribution in [3.8, 4) is 0 Å². The van der Waals surface area contributed by atoms with Gasteiger partial charge in [-0.1, -0.05) is 40.9 Å². The number of sulfonamides is 1. The van der Waals surface area contributed by atoms with Crippen molar-refractivity contribution in [2.24, 2.45) is 5.14 Å². The van der Waals surface area contributed by atoms with Gasteiger partial charge in [0.15, 0.2) is 0 Å². The van der Waals surface area contributed by atoms with Crippen molar-refractivity contribution >= 4 is 62.1 Å². The van der Waals surface area contributed by atoms with E-state index in [9.17, 15) is 23.3 Å². The van der Waals surface area contributed by atoms with Crippen molar-refractivity contribution < 1.29 is 18.1 Å². The van der Waals surface area contributed by atoms with Gasteiger partial charge in [0.05, 0.1) is 9.82 Å². The first-order valence-corrected chi connectivity index (χ1v) is 10.1. The second kappa shape index (κ2) is 8.50. The molecular formula is C15H13Cl3N4O5S. The number of nitrogens with two attached hydrogens (primary N) is 1. The molecule has 4 N–H and O–H groups in total. The zero-order chi connectivity index (χ0) is 21.1. The molecule has 0 unspecified atom stereocenters. The van der Waals surface area contributed by atoms with Gasteiger partial charge in [-0.25, -0.2) is 13.6 Å². The number of primary sulfonamides is 1. The lowest BCUT2D eigenvalue weighted by molar-refractivity contribution is -0.384. The van der Waals surface area contributed by atoms with Gasteiger partial charge >= 0.3 is 0 Å². The lowest BCUT2D eigenvalue weighted by Crippen LogP contribution is -2.49. The normalized spacial score (nSPS) is 12.9. The van der Waals surface area contributed by atoms with Crippen LogP contribution in [0, 0.1) is 10.1 Å². The largest absolute Gasteiger partial charge is 0.362 e. The topological polar surface area (TPSA) is 144 Å². The number of non-ortho nitro benzene ring substituents is 1. The van der Waals surface area contributed by atoms with Crippen LogP contribution in [0.5, 0.6) is 0 Å². The summed E-state index contributed by atoms with van der Waals surface area (Å²) in [4.78, 5) is 22.5. The summed E-state index contributed by atoms with van der Waals surface area (Å²) < 4.78 is 20.6. The van der Waals surface area contributed by atoms with Crippen LogP contribution in [-0.2, 0) is 10.0 Å². The number of halogens is 3. The van der Waals surface area contributed by atoms with Gasteiger partial charge in [-0.15, -0.1) is 0 Å².